The van der Waals surface area contributed by atoms with Gasteiger partial charge in [-0.15, -0.1) is 0 Å². The van der Waals surface area contributed by atoms with Crippen LogP contribution in [0.2, 0.25) is 0 Å². The van der Waals surface area contributed by atoms with Crippen LogP contribution in [0.1, 0.15) is 5.56 Å². The summed E-state index contributed by atoms with van der Waals surface area (Å²) in [5, 5.41) is 12.0. The lowest BCUT2D eigenvalue weighted by molar-refractivity contribution is -0.118. The second kappa shape index (κ2) is 7.59. The van der Waals surface area contributed by atoms with Gasteiger partial charge in [0.15, 0.2) is 6.61 Å². The fourth-order valence-corrected chi connectivity index (χ4v) is 2.66. The van der Waals surface area contributed by atoms with Crippen molar-refractivity contribution in [2.45, 2.75) is 6.61 Å². The minimum Gasteiger partial charge on any atom is -0.482 e. The zero-order valence-corrected chi connectivity index (χ0v) is 14.1. The van der Waals surface area contributed by atoms with Crippen LogP contribution in [-0.2, 0) is 11.4 Å². The fourth-order valence-electron chi connectivity index (χ4n) is 1.74. The summed E-state index contributed by atoms with van der Waals surface area (Å²) < 4.78 is 7.07. The Kier molecular flexibility index (Phi) is 5.78. The van der Waals surface area contributed by atoms with Crippen molar-refractivity contribution in [2.24, 2.45) is 0 Å². The number of carbonyl (C=O) groups excluding carboxylic acids is 1. The number of anilines is 1. The molecule has 2 aromatic rings. The van der Waals surface area contributed by atoms with E-state index >= 15 is 0 Å². The first kappa shape index (κ1) is 16.0. The number of carbonyl (C=O) groups is 1. The Labute approximate surface area is 139 Å². The van der Waals surface area contributed by atoms with E-state index < -0.39 is 0 Å². The molecule has 0 atom stereocenters. The van der Waals surface area contributed by atoms with Gasteiger partial charge in [0.05, 0.1) is 11.1 Å². The number of amides is 1. The molecule has 6 heteroatoms. The van der Waals surface area contributed by atoms with Gasteiger partial charge in [-0.2, -0.15) is 0 Å². The zero-order valence-electron chi connectivity index (χ0n) is 11.0. The largest absolute Gasteiger partial charge is 0.482 e. The summed E-state index contributed by atoms with van der Waals surface area (Å²) in [6.07, 6.45) is 0. The number of ether oxygens (including phenoxy) is 1. The highest BCUT2D eigenvalue weighted by Crippen LogP contribution is 2.29. The standard InChI is InChI=1S/C15H13Br2NO3/c16-11-4-2-5-12(7-11)18-14(20)9-21-15-10(8-19)3-1-6-13(15)17/h1-7,19H,8-9H2,(H,18,20). The number of aliphatic hydroxyl groups excluding tert-OH is 1. The molecule has 0 unspecified atom stereocenters. The van der Waals surface area contributed by atoms with Crippen LogP contribution in [0.25, 0.3) is 0 Å². The first-order chi connectivity index (χ1) is 10.1. The molecule has 0 radical (unpaired) electrons. The quantitative estimate of drug-likeness (QED) is 0.783. The van der Waals surface area contributed by atoms with Gasteiger partial charge in [-0.3, -0.25) is 4.79 Å². The van der Waals surface area contributed by atoms with Crippen molar-refractivity contribution < 1.29 is 14.6 Å². The molecule has 0 saturated carbocycles. The minimum absolute atomic E-state index is 0.137. The van der Waals surface area contributed by atoms with Crippen molar-refractivity contribution in [3.05, 3.63) is 57.0 Å². The molecule has 0 aliphatic rings. The summed E-state index contributed by atoms with van der Waals surface area (Å²) in [5.41, 5.74) is 1.31. The van der Waals surface area contributed by atoms with Gasteiger partial charge in [0.2, 0.25) is 0 Å². The number of nitrogens with one attached hydrogen (secondary N) is 1. The highest BCUT2D eigenvalue weighted by Gasteiger charge is 2.10. The predicted octanol–water partition coefficient (Wildman–Crippen LogP) is 3.72. The molecule has 0 fully saturated rings. The molecule has 110 valence electrons. The van der Waals surface area contributed by atoms with Crippen LogP contribution < -0.4 is 10.1 Å². The summed E-state index contributed by atoms with van der Waals surface area (Å²) in [5.74, 6) is 0.206. The van der Waals surface area contributed by atoms with E-state index in [1.807, 2.05) is 12.1 Å². The molecule has 4 nitrogen and oxygen atoms in total. The summed E-state index contributed by atoms with van der Waals surface area (Å²) >= 11 is 6.68. The van der Waals surface area contributed by atoms with Crippen molar-refractivity contribution in [3.63, 3.8) is 0 Å². The molecule has 0 saturated heterocycles. The van der Waals surface area contributed by atoms with Crippen molar-refractivity contribution in [2.75, 3.05) is 11.9 Å². The minimum atomic E-state index is -0.271. The molecule has 0 bridgehead atoms. The SMILES string of the molecule is O=C(COc1c(Br)cccc1CO)Nc1cccc(Br)c1. The van der Waals surface area contributed by atoms with Crippen molar-refractivity contribution in [1.82, 2.24) is 0 Å². The summed E-state index contributed by atoms with van der Waals surface area (Å²) in [6.45, 7) is -0.288. The van der Waals surface area contributed by atoms with E-state index in [2.05, 4.69) is 37.2 Å². The number of hydrogen-bond acceptors (Lipinski definition) is 3. The number of aliphatic hydroxyl groups is 1. The smallest absolute Gasteiger partial charge is 0.262 e. The molecule has 21 heavy (non-hydrogen) atoms. The maximum atomic E-state index is 11.9. The van der Waals surface area contributed by atoms with Crippen LogP contribution in [0.5, 0.6) is 5.75 Å². The molecule has 0 aromatic heterocycles. The highest BCUT2D eigenvalue weighted by atomic mass is 79.9. The number of hydrogen-bond donors (Lipinski definition) is 2. The van der Waals surface area contributed by atoms with Crippen LogP contribution >= 0.6 is 31.9 Å². The summed E-state index contributed by atoms with van der Waals surface area (Å²) in [4.78, 5) is 11.9. The summed E-state index contributed by atoms with van der Waals surface area (Å²) in [7, 11) is 0. The van der Waals surface area contributed by atoms with Crippen molar-refractivity contribution >= 4 is 43.5 Å². The molecule has 2 rings (SSSR count). The number of para-hydroxylation sites is 1. The van der Waals surface area contributed by atoms with E-state index in [4.69, 9.17) is 4.74 Å². The van der Waals surface area contributed by atoms with Gasteiger partial charge in [0.1, 0.15) is 5.75 Å². The van der Waals surface area contributed by atoms with Gasteiger partial charge in [0, 0.05) is 15.7 Å². The second-order valence-electron chi connectivity index (χ2n) is 4.23. The third-order valence-electron chi connectivity index (χ3n) is 2.67. The molecule has 0 aliphatic heterocycles. The van der Waals surface area contributed by atoms with E-state index in [0.29, 0.717) is 21.5 Å². The van der Waals surface area contributed by atoms with Crippen LogP contribution in [0.3, 0.4) is 0 Å². The highest BCUT2D eigenvalue weighted by molar-refractivity contribution is 9.10. The van der Waals surface area contributed by atoms with Crippen LogP contribution in [0.4, 0.5) is 5.69 Å². The van der Waals surface area contributed by atoms with E-state index in [9.17, 15) is 9.90 Å². The monoisotopic (exact) mass is 413 g/mol. The van der Waals surface area contributed by atoms with E-state index in [1.54, 1.807) is 30.3 Å². The zero-order chi connectivity index (χ0) is 15.2. The van der Waals surface area contributed by atoms with Gasteiger partial charge >= 0.3 is 0 Å². The molecule has 0 spiro atoms. The Balaban J connectivity index is 1.99. The van der Waals surface area contributed by atoms with Gasteiger partial charge in [-0.1, -0.05) is 34.1 Å². The lowest BCUT2D eigenvalue weighted by Crippen LogP contribution is -2.20. The van der Waals surface area contributed by atoms with Crippen LogP contribution in [-0.4, -0.2) is 17.6 Å². The van der Waals surface area contributed by atoms with Gasteiger partial charge in [-0.05, 0) is 40.2 Å². The predicted molar refractivity (Wildman–Crippen MR) is 88.3 cm³/mol. The molecule has 2 aromatic carbocycles. The Hall–Kier alpha value is -1.37. The Morgan fingerprint density at radius 2 is 1.95 bits per heavy atom. The maximum absolute atomic E-state index is 11.9. The van der Waals surface area contributed by atoms with E-state index in [0.717, 1.165) is 4.47 Å². The molecule has 2 N–H and O–H groups in total. The van der Waals surface area contributed by atoms with Crippen LogP contribution in [0, 0.1) is 0 Å². The molecular weight excluding hydrogens is 402 g/mol. The van der Waals surface area contributed by atoms with E-state index in [1.165, 1.54) is 0 Å². The van der Waals surface area contributed by atoms with Gasteiger partial charge < -0.3 is 15.2 Å². The normalized spacial score (nSPS) is 10.2. The Bertz CT molecular complexity index is 647. The maximum Gasteiger partial charge on any atom is 0.262 e. The second-order valence-corrected chi connectivity index (χ2v) is 6.00. The lowest BCUT2D eigenvalue weighted by atomic mass is 10.2. The van der Waals surface area contributed by atoms with E-state index in [-0.39, 0.29) is 19.1 Å². The average Bonchev–Trinajstić information content (AvgIpc) is 2.45. The molecule has 1 amide bonds. The fraction of sp³-hybridized carbons (Fsp3) is 0.133. The molecule has 0 heterocycles. The van der Waals surface area contributed by atoms with Crippen molar-refractivity contribution in [3.8, 4) is 5.75 Å². The summed E-state index contributed by atoms with van der Waals surface area (Å²) in [6, 6.07) is 12.6. The number of benzene rings is 2. The van der Waals surface area contributed by atoms with Gasteiger partial charge in [0.25, 0.3) is 5.91 Å². The Morgan fingerprint density at radius 1 is 1.19 bits per heavy atom. The molecule has 0 aliphatic carbocycles. The number of rotatable bonds is 5. The number of halogens is 2. The van der Waals surface area contributed by atoms with Gasteiger partial charge in [-0.25, -0.2) is 0 Å². The third-order valence-corrected chi connectivity index (χ3v) is 3.79. The average molecular weight is 415 g/mol. The third kappa shape index (κ3) is 4.56. The van der Waals surface area contributed by atoms with Crippen LogP contribution in [0.15, 0.2) is 51.4 Å². The first-order valence-electron chi connectivity index (χ1n) is 6.16. The molecular formula is C15H13Br2NO3. The van der Waals surface area contributed by atoms with Crippen molar-refractivity contribution in [1.29, 1.82) is 0 Å². The Morgan fingerprint density at radius 3 is 2.67 bits per heavy atom. The topological polar surface area (TPSA) is 58.6 Å². The first-order valence-corrected chi connectivity index (χ1v) is 7.75. The lowest BCUT2D eigenvalue weighted by Gasteiger charge is -2.12.